The minimum atomic E-state index is -0.470. The molecule has 0 radical (unpaired) electrons. The summed E-state index contributed by atoms with van der Waals surface area (Å²) in [5.41, 5.74) is 1.02. The van der Waals surface area contributed by atoms with Crippen LogP contribution in [0.25, 0.3) is 0 Å². The van der Waals surface area contributed by atoms with Gasteiger partial charge < -0.3 is 19.3 Å². The highest BCUT2D eigenvalue weighted by Crippen LogP contribution is 2.52. The molecule has 1 saturated heterocycles. The summed E-state index contributed by atoms with van der Waals surface area (Å²) in [6.07, 6.45) is 3.74. The fourth-order valence-electron chi connectivity index (χ4n) is 4.53. The van der Waals surface area contributed by atoms with E-state index in [1.807, 2.05) is 25.3 Å². The molecule has 1 aromatic carbocycles. The second-order valence-corrected chi connectivity index (χ2v) is 6.70. The third kappa shape index (κ3) is 1.57. The molecule has 0 saturated carbocycles. The second kappa shape index (κ2) is 4.27. The molecule has 4 atom stereocenters. The Bertz CT molecular complexity index is 745. The second-order valence-electron chi connectivity index (χ2n) is 6.70. The molecule has 6 nitrogen and oxygen atoms in total. The molecule has 1 aromatic rings. The van der Waals surface area contributed by atoms with Gasteiger partial charge in [-0.3, -0.25) is 4.90 Å². The predicted molar refractivity (Wildman–Crippen MR) is 79.6 cm³/mol. The molecule has 5 rings (SSSR count). The number of aliphatic hydroxyl groups is 1. The van der Waals surface area contributed by atoms with Crippen LogP contribution in [0.3, 0.4) is 0 Å². The molecule has 0 aromatic heterocycles. The van der Waals surface area contributed by atoms with E-state index in [1.165, 1.54) is 0 Å². The Labute approximate surface area is 133 Å². The van der Waals surface area contributed by atoms with Crippen LogP contribution < -0.4 is 9.47 Å². The van der Waals surface area contributed by atoms with Crippen LogP contribution in [0.15, 0.2) is 24.3 Å². The van der Waals surface area contributed by atoms with Crippen LogP contribution in [0.4, 0.5) is 0 Å². The van der Waals surface area contributed by atoms with Crippen molar-refractivity contribution in [2.75, 3.05) is 20.4 Å². The number of likely N-dealkylation sites (tertiary alicyclic amines) is 1. The van der Waals surface area contributed by atoms with E-state index < -0.39 is 11.5 Å². The third-order valence-corrected chi connectivity index (χ3v) is 5.58. The zero-order valence-electron chi connectivity index (χ0n) is 12.7. The summed E-state index contributed by atoms with van der Waals surface area (Å²) in [4.78, 5) is 14.6. The summed E-state index contributed by atoms with van der Waals surface area (Å²) in [7, 11) is 2.01. The molecule has 120 valence electrons. The SMILES string of the molecule is CN1C[C@@H]2OC(=O)c3cc4c(cc3C23C=C[C@H](O)C[C@H]13)OCO4. The molecule has 1 unspecified atom stereocenters. The Morgan fingerprint density at radius 1 is 1.30 bits per heavy atom. The molecular formula is C17H17NO5. The number of benzene rings is 1. The van der Waals surface area contributed by atoms with Gasteiger partial charge in [-0.2, -0.15) is 0 Å². The Hall–Kier alpha value is -2.05. The van der Waals surface area contributed by atoms with E-state index in [1.54, 1.807) is 6.07 Å². The highest BCUT2D eigenvalue weighted by molar-refractivity contribution is 5.94. The van der Waals surface area contributed by atoms with E-state index >= 15 is 0 Å². The molecule has 3 aliphatic heterocycles. The standard InChI is InChI=1S/C17H17NO5/c1-18-7-15-17(3-2-9(19)4-14(17)18)11-6-13-12(21-8-22-13)5-10(11)16(20)23-15/h2-3,5-6,9,14-15,19H,4,7-8H2,1H3/t9-,14-,15-,17?/m0/s1. The van der Waals surface area contributed by atoms with Gasteiger partial charge in [-0.15, -0.1) is 0 Å². The van der Waals surface area contributed by atoms with Gasteiger partial charge in [0.2, 0.25) is 6.79 Å². The van der Waals surface area contributed by atoms with Gasteiger partial charge in [-0.05, 0) is 31.2 Å². The first-order chi connectivity index (χ1) is 11.1. The molecule has 1 spiro atoms. The number of esters is 1. The average Bonchev–Trinajstić information content (AvgIpc) is 3.09. The van der Waals surface area contributed by atoms with E-state index in [-0.39, 0.29) is 24.9 Å². The topological polar surface area (TPSA) is 68.2 Å². The van der Waals surface area contributed by atoms with Gasteiger partial charge in [-0.1, -0.05) is 12.2 Å². The van der Waals surface area contributed by atoms with Crippen LogP contribution in [0, 0.1) is 0 Å². The van der Waals surface area contributed by atoms with Crippen molar-refractivity contribution in [1.29, 1.82) is 0 Å². The number of fused-ring (bicyclic) bond motifs is 2. The minimum Gasteiger partial charge on any atom is -0.456 e. The largest absolute Gasteiger partial charge is 0.456 e. The van der Waals surface area contributed by atoms with Crippen LogP contribution in [0.1, 0.15) is 22.3 Å². The van der Waals surface area contributed by atoms with Gasteiger partial charge >= 0.3 is 5.97 Å². The first-order valence-corrected chi connectivity index (χ1v) is 7.82. The fraction of sp³-hybridized carbons (Fsp3) is 0.471. The number of ether oxygens (including phenoxy) is 3. The number of likely N-dealkylation sites (N-methyl/N-ethyl adjacent to an activating group) is 1. The number of hydrogen-bond acceptors (Lipinski definition) is 6. The third-order valence-electron chi connectivity index (χ3n) is 5.58. The molecule has 0 bridgehead atoms. The normalized spacial score (nSPS) is 37.1. The number of aliphatic hydroxyl groups excluding tert-OH is 1. The smallest absolute Gasteiger partial charge is 0.338 e. The van der Waals surface area contributed by atoms with Crippen LogP contribution in [-0.4, -0.2) is 54.6 Å². The summed E-state index contributed by atoms with van der Waals surface area (Å²) < 4.78 is 16.7. The van der Waals surface area contributed by atoms with E-state index in [9.17, 15) is 9.90 Å². The minimum absolute atomic E-state index is 0.0831. The van der Waals surface area contributed by atoms with Crippen molar-refractivity contribution in [1.82, 2.24) is 4.90 Å². The van der Waals surface area contributed by atoms with Crippen molar-refractivity contribution >= 4 is 5.97 Å². The monoisotopic (exact) mass is 315 g/mol. The lowest BCUT2D eigenvalue weighted by atomic mass is 9.65. The molecule has 1 fully saturated rings. The fourth-order valence-corrected chi connectivity index (χ4v) is 4.53. The molecule has 1 N–H and O–H groups in total. The average molecular weight is 315 g/mol. The van der Waals surface area contributed by atoms with Crippen LogP contribution in [0.5, 0.6) is 11.5 Å². The summed E-state index contributed by atoms with van der Waals surface area (Å²) >= 11 is 0. The summed E-state index contributed by atoms with van der Waals surface area (Å²) in [6, 6.07) is 3.72. The summed E-state index contributed by atoms with van der Waals surface area (Å²) in [5.74, 6) is 0.931. The first-order valence-electron chi connectivity index (χ1n) is 7.82. The molecule has 6 heteroatoms. The lowest BCUT2D eigenvalue weighted by Gasteiger charge is -2.44. The van der Waals surface area contributed by atoms with Crippen molar-refractivity contribution in [3.05, 3.63) is 35.4 Å². The number of rotatable bonds is 0. The lowest BCUT2D eigenvalue weighted by molar-refractivity contribution is 0.0130. The predicted octanol–water partition coefficient (Wildman–Crippen LogP) is 0.827. The Morgan fingerprint density at radius 2 is 2.09 bits per heavy atom. The molecule has 4 aliphatic rings. The zero-order valence-corrected chi connectivity index (χ0v) is 12.7. The summed E-state index contributed by atoms with van der Waals surface area (Å²) in [6.45, 7) is 0.822. The van der Waals surface area contributed by atoms with Gasteiger partial charge in [0.25, 0.3) is 0 Å². The van der Waals surface area contributed by atoms with Crippen LogP contribution in [-0.2, 0) is 10.2 Å². The van der Waals surface area contributed by atoms with Crippen molar-refractivity contribution in [3.8, 4) is 11.5 Å². The summed E-state index contributed by atoms with van der Waals surface area (Å²) in [5, 5.41) is 10.0. The van der Waals surface area contributed by atoms with Crippen LogP contribution in [0.2, 0.25) is 0 Å². The van der Waals surface area contributed by atoms with Gasteiger partial charge in [0.15, 0.2) is 11.5 Å². The van der Waals surface area contributed by atoms with Crippen LogP contribution >= 0.6 is 0 Å². The Kier molecular flexibility index (Phi) is 2.49. The quantitative estimate of drug-likeness (QED) is 0.565. The van der Waals surface area contributed by atoms with Crippen molar-refractivity contribution in [2.45, 2.75) is 30.1 Å². The van der Waals surface area contributed by atoms with E-state index in [0.717, 1.165) is 5.56 Å². The number of hydrogen-bond donors (Lipinski definition) is 1. The number of carbonyl (C=O) groups is 1. The van der Waals surface area contributed by atoms with E-state index in [0.29, 0.717) is 30.0 Å². The highest BCUT2D eigenvalue weighted by Gasteiger charge is 2.59. The maximum absolute atomic E-state index is 12.5. The van der Waals surface area contributed by atoms with Gasteiger partial charge in [0, 0.05) is 12.6 Å². The zero-order chi connectivity index (χ0) is 15.8. The molecule has 1 aliphatic carbocycles. The Balaban J connectivity index is 1.78. The van der Waals surface area contributed by atoms with Crippen molar-refractivity contribution in [3.63, 3.8) is 0 Å². The number of carbonyl (C=O) groups excluding carboxylic acids is 1. The lowest BCUT2D eigenvalue weighted by Crippen LogP contribution is -2.52. The van der Waals surface area contributed by atoms with Gasteiger partial charge in [-0.25, -0.2) is 4.79 Å². The maximum Gasteiger partial charge on any atom is 0.338 e. The molecule has 0 amide bonds. The van der Waals surface area contributed by atoms with Crippen molar-refractivity contribution < 1.29 is 24.1 Å². The van der Waals surface area contributed by atoms with E-state index in [4.69, 9.17) is 14.2 Å². The Morgan fingerprint density at radius 3 is 2.91 bits per heavy atom. The molecule has 23 heavy (non-hydrogen) atoms. The highest BCUT2D eigenvalue weighted by atomic mass is 16.7. The maximum atomic E-state index is 12.5. The molecular weight excluding hydrogens is 298 g/mol. The van der Waals surface area contributed by atoms with E-state index in [2.05, 4.69) is 4.90 Å². The first kappa shape index (κ1) is 13.4. The molecule has 3 heterocycles. The van der Waals surface area contributed by atoms with Gasteiger partial charge in [0.05, 0.1) is 17.1 Å². The van der Waals surface area contributed by atoms with Crippen molar-refractivity contribution in [2.24, 2.45) is 0 Å². The number of nitrogens with zero attached hydrogens (tertiary/aromatic N) is 1. The van der Waals surface area contributed by atoms with Gasteiger partial charge in [0.1, 0.15) is 6.10 Å².